The van der Waals surface area contributed by atoms with Crippen molar-refractivity contribution < 1.29 is 19.1 Å². The van der Waals surface area contributed by atoms with Crippen molar-refractivity contribution in [3.63, 3.8) is 0 Å². The van der Waals surface area contributed by atoms with Crippen LogP contribution in [0.3, 0.4) is 0 Å². The van der Waals surface area contributed by atoms with Crippen LogP contribution in [0, 0.1) is 0 Å². The molecule has 0 bridgehead atoms. The van der Waals surface area contributed by atoms with Gasteiger partial charge in [-0.15, -0.1) is 0 Å². The summed E-state index contributed by atoms with van der Waals surface area (Å²) in [6, 6.07) is -0.709. The van der Waals surface area contributed by atoms with Gasteiger partial charge in [-0.05, 0) is 6.42 Å². The van der Waals surface area contributed by atoms with Crippen molar-refractivity contribution in [3.05, 3.63) is 12.7 Å². The Morgan fingerprint density at radius 3 is 2.53 bits per heavy atom. The summed E-state index contributed by atoms with van der Waals surface area (Å²) in [6.45, 7) is 6.31. The standard InChI is InChI=1S/C11H17NO4S/c1-4-6-16-11(15)10(12-8(2)13)5-7-17-9(3)14/h4,10H,1,5-7H2,2-3H3,(H,12,13). The van der Waals surface area contributed by atoms with Crippen molar-refractivity contribution in [2.75, 3.05) is 12.4 Å². The van der Waals surface area contributed by atoms with Crippen LogP contribution in [0.1, 0.15) is 20.3 Å². The smallest absolute Gasteiger partial charge is 0.328 e. The zero-order valence-corrected chi connectivity index (χ0v) is 10.8. The van der Waals surface area contributed by atoms with Crippen LogP contribution in [0.15, 0.2) is 12.7 Å². The van der Waals surface area contributed by atoms with Gasteiger partial charge in [-0.2, -0.15) is 0 Å². The highest BCUT2D eigenvalue weighted by atomic mass is 32.2. The Labute approximate surface area is 105 Å². The van der Waals surface area contributed by atoms with E-state index < -0.39 is 12.0 Å². The predicted molar refractivity (Wildman–Crippen MR) is 66.5 cm³/mol. The van der Waals surface area contributed by atoms with Crippen molar-refractivity contribution in [2.45, 2.75) is 26.3 Å². The molecule has 0 aromatic carbocycles. The van der Waals surface area contributed by atoms with E-state index >= 15 is 0 Å². The first kappa shape index (κ1) is 15.7. The minimum atomic E-state index is -0.709. The second kappa shape index (κ2) is 8.81. The molecule has 1 N–H and O–H groups in total. The number of amides is 1. The Bertz CT molecular complexity index is 304. The number of ether oxygens (including phenoxy) is 1. The summed E-state index contributed by atoms with van der Waals surface area (Å²) in [5, 5.41) is 2.47. The molecule has 17 heavy (non-hydrogen) atoms. The van der Waals surface area contributed by atoms with E-state index in [1.165, 1.54) is 19.9 Å². The van der Waals surface area contributed by atoms with Gasteiger partial charge < -0.3 is 10.1 Å². The summed E-state index contributed by atoms with van der Waals surface area (Å²) in [4.78, 5) is 33.2. The lowest BCUT2D eigenvalue weighted by Crippen LogP contribution is -2.41. The van der Waals surface area contributed by atoms with E-state index in [9.17, 15) is 14.4 Å². The predicted octanol–water partition coefficient (Wildman–Crippen LogP) is 0.890. The van der Waals surface area contributed by atoms with E-state index in [4.69, 9.17) is 4.74 Å². The summed E-state index contributed by atoms with van der Waals surface area (Å²) >= 11 is 1.11. The Kier molecular flexibility index (Phi) is 8.13. The highest BCUT2D eigenvalue weighted by molar-refractivity contribution is 8.13. The second-order valence-electron chi connectivity index (χ2n) is 3.30. The molecule has 0 aromatic rings. The lowest BCUT2D eigenvalue weighted by Gasteiger charge is -2.15. The van der Waals surface area contributed by atoms with Crippen LogP contribution in [0.2, 0.25) is 0 Å². The number of carbonyl (C=O) groups is 3. The van der Waals surface area contributed by atoms with Crippen molar-refractivity contribution in [3.8, 4) is 0 Å². The first-order valence-corrected chi connectivity index (χ1v) is 6.14. The van der Waals surface area contributed by atoms with Gasteiger partial charge in [-0.25, -0.2) is 4.79 Å². The lowest BCUT2D eigenvalue weighted by molar-refractivity contribution is -0.146. The van der Waals surface area contributed by atoms with Gasteiger partial charge >= 0.3 is 5.97 Å². The lowest BCUT2D eigenvalue weighted by atomic mass is 10.2. The van der Waals surface area contributed by atoms with Crippen LogP contribution >= 0.6 is 11.8 Å². The minimum Gasteiger partial charge on any atom is -0.460 e. The zero-order valence-electron chi connectivity index (χ0n) is 10.0. The quantitative estimate of drug-likeness (QED) is 0.543. The molecule has 0 aliphatic heterocycles. The maximum absolute atomic E-state index is 11.5. The van der Waals surface area contributed by atoms with Gasteiger partial charge in [0, 0.05) is 19.6 Å². The van der Waals surface area contributed by atoms with Gasteiger partial charge in [-0.3, -0.25) is 9.59 Å². The molecule has 6 heteroatoms. The van der Waals surface area contributed by atoms with Gasteiger partial charge in [0.1, 0.15) is 12.6 Å². The summed E-state index contributed by atoms with van der Waals surface area (Å²) in [5.41, 5.74) is 0. The zero-order chi connectivity index (χ0) is 13.3. The van der Waals surface area contributed by atoms with E-state index in [0.29, 0.717) is 12.2 Å². The molecular formula is C11H17NO4S. The summed E-state index contributed by atoms with van der Waals surface area (Å²) in [5.74, 6) is -0.355. The third-order valence-electron chi connectivity index (χ3n) is 1.72. The van der Waals surface area contributed by atoms with Crippen LogP contribution < -0.4 is 5.32 Å². The summed E-state index contributed by atoms with van der Waals surface area (Å²) < 4.78 is 4.85. The maximum Gasteiger partial charge on any atom is 0.328 e. The van der Waals surface area contributed by atoms with E-state index in [2.05, 4.69) is 11.9 Å². The summed E-state index contributed by atoms with van der Waals surface area (Å²) in [7, 11) is 0. The Hall–Kier alpha value is -1.30. The highest BCUT2D eigenvalue weighted by Gasteiger charge is 2.20. The van der Waals surface area contributed by atoms with E-state index in [1.54, 1.807) is 0 Å². The van der Waals surface area contributed by atoms with Crippen LogP contribution in [-0.4, -0.2) is 35.4 Å². The number of hydrogen-bond donors (Lipinski definition) is 1. The van der Waals surface area contributed by atoms with E-state index in [0.717, 1.165) is 11.8 Å². The molecule has 0 rings (SSSR count). The molecule has 1 unspecified atom stereocenters. The fraction of sp³-hybridized carbons (Fsp3) is 0.545. The molecule has 0 saturated carbocycles. The number of thioether (sulfide) groups is 1. The van der Waals surface area contributed by atoms with E-state index in [1.807, 2.05) is 0 Å². The first-order valence-electron chi connectivity index (χ1n) is 5.15. The van der Waals surface area contributed by atoms with Crippen LogP contribution in [0.5, 0.6) is 0 Å². The molecule has 0 aliphatic rings. The van der Waals surface area contributed by atoms with Gasteiger partial charge in [0.25, 0.3) is 0 Å². The Balaban J connectivity index is 4.20. The monoisotopic (exact) mass is 259 g/mol. The molecule has 0 aliphatic carbocycles. The molecule has 5 nitrogen and oxygen atoms in total. The molecular weight excluding hydrogens is 242 g/mol. The molecule has 1 atom stereocenters. The summed E-state index contributed by atoms with van der Waals surface area (Å²) in [6.07, 6.45) is 1.81. The normalized spacial score (nSPS) is 11.4. The van der Waals surface area contributed by atoms with Crippen molar-refractivity contribution in [1.29, 1.82) is 0 Å². The second-order valence-corrected chi connectivity index (χ2v) is 4.57. The molecule has 0 fully saturated rings. The van der Waals surface area contributed by atoms with Crippen LogP contribution in [0.4, 0.5) is 0 Å². The molecule has 96 valence electrons. The van der Waals surface area contributed by atoms with Gasteiger partial charge in [0.15, 0.2) is 5.12 Å². The van der Waals surface area contributed by atoms with Crippen molar-refractivity contribution in [1.82, 2.24) is 5.32 Å². The first-order chi connectivity index (χ1) is 7.97. The average Bonchev–Trinajstić information content (AvgIpc) is 2.23. The van der Waals surface area contributed by atoms with Gasteiger partial charge in [-0.1, -0.05) is 24.4 Å². The SMILES string of the molecule is C=CCOC(=O)C(CCSC(C)=O)NC(C)=O. The van der Waals surface area contributed by atoms with Crippen molar-refractivity contribution >= 4 is 28.8 Å². The molecule has 0 saturated heterocycles. The third kappa shape index (κ3) is 8.50. The molecule has 0 heterocycles. The minimum absolute atomic E-state index is 0.0222. The molecule has 0 radical (unpaired) electrons. The Morgan fingerprint density at radius 2 is 2.06 bits per heavy atom. The molecule has 0 aromatic heterocycles. The topological polar surface area (TPSA) is 72.5 Å². The fourth-order valence-electron chi connectivity index (χ4n) is 1.06. The van der Waals surface area contributed by atoms with Gasteiger partial charge in [0.2, 0.25) is 5.91 Å². The van der Waals surface area contributed by atoms with Crippen LogP contribution in [0.25, 0.3) is 0 Å². The van der Waals surface area contributed by atoms with Gasteiger partial charge in [0.05, 0.1) is 0 Å². The van der Waals surface area contributed by atoms with E-state index in [-0.39, 0.29) is 17.6 Å². The number of hydrogen-bond acceptors (Lipinski definition) is 5. The number of carbonyl (C=O) groups excluding carboxylic acids is 3. The average molecular weight is 259 g/mol. The Morgan fingerprint density at radius 1 is 1.41 bits per heavy atom. The molecule has 0 spiro atoms. The molecule has 1 amide bonds. The number of rotatable bonds is 7. The number of nitrogens with one attached hydrogen (secondary N) is 1. The maximum atomic E-state index is 11.5. The largest absolute Gasteiger partial charge is 0.460 e. The fourth-order valence-corrected chi connectivity index (χ4v) is 1.70. The third-order valence-corrected chi connectivity index (χ3v) is 2.56. The number of esters is 1. The van der Waals surface area contributed by atoms with Crippen LogP contribution in [-0.2, 0) is 19.1 Å². The van der Waals surface area contributed by atoms with Crippen molar-refractivity contribution in [2.24, 2.45) is 0 Å². The highest BCUT2D eigenvalue weighted by Crippen LogP contribution is 2.07.